The summed E-state index contributed by atoms with van der Waals surface area (Å²) in [4.78, 5) is 16.8. The molecule has 0 atom stereocenters. The highest BCUT2D eigenvalue weighted by Gasteiger charge is 2.08. The number of carbonyl (C=O) groups is 1. The first kappa shape index (κ1) is 16.8. The number of hydrogen-bond donors (Lipinski definition) is 1. The Bertz CT molecular complexity index is 890. The highest BCUT2D eigenvalue weighted by molar-refractivity contribution is 8.00. The van der Waals surface area contributed by atoms with Crippen LogP contribution in [0.25, 0.3) is 10.2 Å². The van der Waals surface area contributed by atoms with Gasteiger partial charge in [-0.3, -0.25) is 4.79 Å². The number of nitrogens with zero attached hydrogens (tertiary/aromatic N) is 1. The monoisotopic (exact) mass is 358 g/mol. The summed E-state index contributed by atoms with van der Waals surface area (Å²) in [5, 5.41) is 2.96. The number of rotatable bonds is 5. The zero-order valence-electron chi connectivity index (χ0n) is 13.8. The molecule has 0 fully saturated rings. The molecule has 1 heterocycles. The van der Waals surface area contributed by atoms with Gasteiger partial charge in [-0.05, 0) is 48.6 Å². The third-order valence-electron chi connectivity index (χ3n) is 3.65. The van der Waals surface area contributed by atoms with Crippen LogP contribution in [0.2, 0.25) is 0 Å². The van der Waals surface area contributed by atoms with Crippen LogP contribution < -0.4 is 10.1 Å². The van der Waals surface area contributed by atoms with Gasteiger partial charge in [0.1, 0.15) is 5.75 Å². The number of methoxy groups -OCH3 is 1. The van der Waals surface area contributed by atoms with Gasteiger partial charge in [0.15, 0.2) is 4.34 Å². The van der Waals surface area contributed by atoms with Crippen LogP contribution >= 0.6 is 23.1 Å². The molecule has 24 heavy (non-hydrogen) atoms. The van der Waals surface area contributed by atoms with Gasteiger partial charge >= 0.3 is 0 Å². The number of nitrogens with one attached hydrogen (secondary N) is 1. The fourth-order valence-corrected chi connectivity index (χ4v) is 4.04. The van der Waals surface area contributed by atoms with E-state index in [-0.39, 0.29) is 5.91 Å². The molecule has 0 spiro atoms. The van der Waals surface area contributed by atoms with Gasteiger partial charge in [-0.2, -0.15) is 0 Å². The van der Waals surface area contributed by atoms with E-state index in [9.17, 15) is 4.79 Å². The van der Waals surface area contributed by atoms with E-state index in [1.54, 1.807) is 30.2 Å². The van der Waals surface area contributed by atoms with Gasteiger partial charge in [-0.1, -0.05) is 23.9 Å². The van der Waals surface area contributed by atoms with Crippen LogP contribution in [0.15, 0.2) is 40.7 Å². The van der Waals surface area contributed by atoms with Crippen LogP contribution in [0.1, 0.15) is 11.1 Å². The van der Waals surface area contributed by atoms with E-state index in [2.05, 4.69) is 10.3 Å². The van der Waals surface area contributed by atoms with Crippen LogP contribution in [0.3, 0.4) is 0 Å². The summed E-state index contributed by atoms with van der Waals surface area (Å²) in [5.41, 5.74) is 3.76. The third kappa shape index (κ3) is 3.71. The van der Waals surface area contributed by atoms with Gasteiger partial charge in [0.2, 0.25) is 5.91 Å². The predicted octanol–water partition coefficient (Wildman–Crippen LogP) is 4.52. The van der Waals surface area contributed by atoms with Crippen LogP contribution in [0, 0.1) is 6.92 Å². The van der Waals surface area contributed by atoms with Crippen molar-refractivity contribution < 1.29 is 9.53 Å². The quantitative estimate of drug-likeness (QED) is 0.682. The second-order valence-electron chi connectivity index (χ2n) is 5.40. The first-order valence-corrected chi connectivity index (χ1v) is 9.51. The topological polar surface area (TPSA) is 51.2 Å². The number of ether oxygens (including phenoxy) is 1. The maximum atomic E-state index is 12.3. The van der Waals surface area contributed by atoms with Crippen molar-refractivity contribution in [1.29, 1.82) is 0 Å². The molecule has 0 unspecified atom stereocenters. The average molecular weight is 358 g/mol. The maximum Gasteiger partial charge on any atom is 0.228 e. The fraction of sp³-hybridized carbons (Fsp3) is 0.222. The molecule has 0 aliphatic heterocycles. The molecule has 3 aromatic rings. The molecule has 1 amide bonds. The Morgan fingerprint density at radius 2 is 2.12 bits per heavy atom. The number of amides is 1. The molecule has 6 heteroatoms. The number of aryl methyl sites for hydroxylation is 1. The number of thioether (sulfide) groups is 1. The minimum absolute atomic E-state index is 0.0338. The first-order valence-electron chi connectivity index (χ1n) is 7.47. The van der Waals surface area contributed by atoms with Crippen LogP contribution in [0.5, 0.6) is 5.75 Å². The molecular weight excluding hydrogens is 340 g/mol. The number of aromatic nitrogens is 1. The Balaban J connectivity index is 1.71. The van der Waals surface area contributed by atoms with E-state index in [1.807, 2.05) is 49.6 Å². The molecule has 2 aromatic carbocycles. The van der Waals surface area contributed by atoms with Gasteiger partial charge in [-0.15, -0.1) is 11.3 Å². The number of hydrogen-bond acceptors (Lipinski definition) is 5. The van der Waals surface area contributed by atoms with E-state index in [0.29, 0.717) is 6.42 Å². The molecule has 4 nitrogen and oxygen atoms in total. The van der Waals surface area contributed by atoms with Crippen LogP contribution in [-0.4, -0.2) is 24.3 Å². The lowest BCUT2D eigenvalue weighted by Gasteiger charge is -2.08. The van der Waals surface area contributed by atoms with Crippen molar-refractivity contribution in [3.05, 3.63) is 47.5 Å². The van der Waals surface area contributed by atoms with Crippen molar-refractivity contribution >= 4 is 44.9 Å². The number of benzene rings is 2. The van der Waals surface area contributed by atoms with E-state index >= 15 is 0 Å². The van der Waals surface area contributed by atoms with Crippen molar-refractivity contribution in [2.24, 2.45) is 0 Å². The number of thiazole rings is 1. The Labute approximate surface area is 149 Å². The summed E-state index contributed by atoms with van der Waals surface area (Å²) in [6.07, 6.45) is 2.35. The fourth-order valence-electron chi connectivity index (χ4n) is 2.51. The van der Waals surface area contributed by atoms with Crippen molar-refractivity contribution in [2.45, 2.75) is 17.7 Å². The lowest BCUT2D eigenvalue weighted by atomic mass is 10.1. The normalized spacial score (nSPS) is 10.8. The maximum absolute atomic E-state index is 12.3. The minimum Gasteiger partial charge on any atom is -0.496 e. The molecule has 124 valence electrons. The van der Waals surface area contributed by atoms with E-state index in [4.69, 9.17) is 4.74 Å². The summed E-state index contributed by atoms with van der Waals surface area (Å²) in [6, 6.07) is 11.6. The zero-order chi connectivity index (χ0) is 17.1. The largest absolute Gasteiger partial charge is 0.496 e. The Kier molecular flexibility index (Phi) is 5.06. The average Bonchev–Trinajstić information content (AvgIpc) is 2.97. The Morgan fingerprint density at radius 1 is 1.29 bits per heavy atom. The zero-order valence-corrected chi connectivity index (χ0v) is 15.4. The number of fused-ring (bicyclic) bond motifs is 1. The highest BCUT2D eigenvalue weighted by Crippen LogP contribution is 2.30. The summed E-state index contributed by atoms with van der Waals surface area (Å²) in [5.74, 6) is 0.799. The highest BCUT2D eigenvalue weighted by atomic mass is 32.2. The van der Waals surface area contributed by atoms with E-state index in [1.165, 1.54) is 0 Å². The second kappa shape index (κ2) is 7.23. The molecule has 0 saturated heterocycles. The van der Waals surface area contributed by atoms with Gasteiger partial charge in [0.05, 0.1) is 23.7 Å². The summed E-state index contributed by atoms with van der Waals surface area (Å²) in [7, 11) is 1.65. The smallest absolute Gasteiger partial charge is 0.228 e. The molecule has 0 radical (unpaired) electrons. The van der Waals surface area contributed by atoms with Crippen molar-refractivity contribution in [3.8, 4) is 5.75 Å². The first-order chi connectivity index (χ1) is 11.6. The standard InChI is InChI=1S/C18H18N2O2S2/c1-11-8-12(4-7-15(11)22-2)9-17(21)19-13-5-6-14-16(10-13)24-18(20-14)23-3/h4-8,10H,9H2,1-3H3,(H,19,21). The molecule has 0 bridgehead atoms. The van der Waals surface area contributed by atoms with Gasteiger partial charge in [-0.25, -0.2) is 4.98 Å². The van der Waals surface area contributed by atoms with Crippen molar-refractivity contribution in [3.63, 3.8) is 0 Å². The SMILES string of the molecule is COc1ccc(CC(=O)Nc2ccc3nc(SC)sc3c2)cc1C. The molecule has 1 aromatic heterocycles. The Morgan fingerprint density at radius 3 is 2.83 bits per heavy atom. The predicted molar refractivity (Wildman–Crippen MR) is 101 cm³/mol. The molecule has 0 aliphatic rings. The van der Waals surface area contributed by atoms with E-state index in [0.717, 1.165) is 37.1 Å². The molecular formula is C18H18N2O2S2. The lowest BCUT2D eigenvalue weighted by Crippen LogP contribution is -2.14. The molecule has 0 saturated carbocycles. The van der Waals surface area contributed by atoms with Crippen molar-refractivity contribution in [1.82, 2.24) is 4.98 Å². The van der Waals surface area contributed by atoms with Crippen LogP contribution in [-0.2, 0) is 11.2 Å². The van der Waals surface area contributed by atoms with Crippen LogP contribution in [0.4, 0.5) is 5.69 Å². The Hall–Kier alpha value is -2.05. The summed E-state index contributed by atoms with van der Waals surface area (Å²) >= 11 is 3.27. The second-order valence-corrected chi connectivity index (χ2v) is 7.48. The summed E-state index contributed by atoms with van der Waals surface area (Å²) < 4.78 is 7.36. The van der Waals surface area contributed by atoms with Gasteiger partial charge in [0, 0.05) is 5.69 Å². The summed E-state index contributed by atoms with van der Waals surface area (Å²) in [6.45, 7) is 1.97. The van der Waals surface area contributed by atoms with Gasteiger partial charge < -0.3 is 10.1 Å². The molecule has 3 rings (SSSR count). The molecule has 0 aliphatic carbocycles. The number of carbonyl (C=O) groups excluding carboxylic acids is 1. The number of anilines is 1. The van der Waals surface area contributed by atoms with Gasteiger partial charge in [0.25, 0.3) is 0 Å². The minimum atomic E-state index is -0.0338. The lowest BCUT2D eigenvalue weighted by molar-refractivity contribution is -0.115. The van der Waals surface area contributed by atoms with Crippen molar-refractivity contribution in [2.75, 3.05) is 18.7 Å². The van der Waals surface area contributed by atoms with E-state index < -0.39 is 0 Å². The molecule has 1 N–H and O–H groups in total. The third-order valence-corrected chi connectivity index (χ3v) is 5.65.